The molecule has 0 aliphatic rings. The molecule has 1 atom stereocenters. The fourth-order valence-electron chi connectivity index (χ4n) is 0.544. The van der Waals surface area contributed by atoms with E-state index in [1.54, 1.807) is 0 Å². The third-order valence-electron chi connectivity index (χ3n) is 1.14. The molecule has 0 saturated heterocycles. The van der Waals surface area contributed by atoms with Crippen LogP contribution in [0.2, 0.25) is 0 Å². The Hall–Kier alpha value is -0.0800. The lowest BCUT2D eigenvalue weighted by molar-refractivity contribution is -0.275. The van der Waals surface area contributed by atoms with Gasteiger partial charge in [0.25, 0.3) is 0 Å². The summed E-state index contributed by atoms with van der Waals surface area (Å²) in [6, 6.07) is 0. The zero-order valence-corrected chi connectivity index (χ0v) is 5.55. The average Bonchev–Trinajstić information content (AvgIpc) is 1.83. The van der Waals surface area contributed by atoms with Gasteiger partial charge >= 0.3 is 0 Å². The van der Waals surface area contributed by atoms with Gasteiger partial charge in [0.1, 0.15) is 0 Å². The second-order valence-corrected chi connectivity index (χ2v) is 2.06. The van der Waals surface area contributed by atoms with Gasteiger partial charge in [0.2, 0.25) is 0 Å². The van der Waals surface area contributed by atoms with Gasteiger partial charge in [-0.25, -0.2) is 4.89 Å². The van der Waals surface area contributed by atoms with Crippen molar-refractivity contribution < 1.29 is 10.1 Å². The van der Waals surface area contributed by atoms with E-state index in [-0.39, 0.29) is 6.10 Å². The summed E-state index contributed by atoms with van der Waals surface area (Å²) in [6.45, 7) is 3.97. The number of rotatable bonds is 4. The molecule has 0 saturated carbocycles. The van der Waals surface area contributed by atoms with E-state index in [4.69, 9.17) is 5.26 Å². The van der Waals surface area contributed by atoms with Gasteiger partial charge in [0, 0.05) is 0 Å². The molecule has 0 aliphatic heterocycles. The summed E-state index contributed by atoms with van der Waals surface area (Å²) in [5.41, 5.74) is 0. The highest BCUT2D eigenvalue weighted by atomic mass is 17.1. The summed E-state index contributed by atoms with van der Waals surface area (Å²) in [7, 11) is 0. The van der Waals surface area contributed by atoms with Crippen LogP contribution < -0.4 is 0 Å². The molecule has 0 spiro atoms. The zero-order valence-electron chi connectivity index (χ0n) is 5.55. The molecule has 8 heavy (non-hydrogen) atoms. The summed E-state index contributed by atoms with van der Waals surface area (Å²) < 4.78 is 0. The van der Waals surface area contributed by atoms with Gasteiger partial charge in [-0.2, -0.15) is 0 Å². The van der Waals surface area contributed by atoms with Crippen molar-refractivity contribution >= 4 is 0 Å². The third kappa shape index (κ3) is 4.09. The maximum atomic E-state index is 8.06. The van der Waals surface area contributed by atoms with Crippen LogP contribution in [0.15, 0.2) is 0 Å². The highest BCUT2D eigenvalue weighted by Crippen LogP contribution is 2.01. The van der Waals surface area contributed by atoms with Gasteiger partial charge in [-0.1, -0.05) is 19.8 Å². The van der Waals surface area contributed by atoms with E-state index in [1.807, 2.05) is 6.92 Å². The Bertz CT molecular complexity index is 45.8. The summed E-state index contributed by atoms with van der Waals surface area (Å²) in [6.07, 6.45) is 3.25. The van der Waals surface area contributed by atoms with Crippen molar-refractivity contribution in [3.8, 4) is 0 Å². The van der Waals surface area contributed by atoms with Crippen LogP contribution in [0.5, 0.6) is 0 Å². The van der Waals surface area contributed by atoms with E-state index in [0.29, 0.717) is 0 Å². The molecule has 0 aromatic carbocycles. The second kappa shape index (κ2) is 5.06. The Balaban J connectivity index is 2.86. The monoisotopic (exact) mass is 118 g/mol. The smallest absolute Gasteiger partial charge is 0.0899 e. The van der Waals surface area contributed by atoms with Gasteiger partial charge in [-0.3, -0.25) is 5.26 Å². The van der Waals surface area contributed by atoms with Crippen molar-refractivity contribution in [3.05, 3.63) is 0 Å². The van der Waals surface area contributed by atoms with Gasteiger partial charge in [0.15, 0.2) is 0 Å². The molecule has 0 amide bonds. The predicted molar refractivity (Wildman–Crippen MR) is 32.7 cm³/mol. The molecule has 0 bridgehead atoms. The van der Waals surface area contributed by atoms with Crippen LogP contribution in [0.4, 0.5) is 0 Å². The average molecular weight is 118 g/mol. The Morgan fingerprint density at radius 3 is 2.62 bits per heavy atom. The molecule has 0 heterocycles. The highest BCUT2D eigenvalue weighted by Gasteiger charge is 1.97. The van der Waals surface area contributed by atoms with Crippen molar-refractivity contribution in [1.82, 2.24) is 0 Å². The van der Waals surface area contributed by atoms with E-state index >= 15 is 0 Å². The normalized spacial score (nSPS) is 13.9. The number of unbranched alkanes of at least 4 members (excludes halogenated alkanes) is 1. The number of hydrogen-bond donors (Lipinski definition) is 1. The summed E-state index contributed by atoms with van der Waals surface area (Å²) in [5, 5.41) is 8.06. The predicted octanol–water partition coefficient (Wildman–Crippen LogP) is 2.05. The lowest BCUT2D eigenvalue weighted by Crippen LogP contribution is -2.03. The van der Waals surface area contributed by atoms with Crippen molar-refractivity contribution in [2.45, 2.75) is 39.2 Å². The van der Waals surface area contributed by atoms with Gasteiger partial charge in [-0.15, -0.1) is 0 Å². The molecule has 0 unspecified atom stereocenters. The lowest BCUT2D eigenvalue weighted by Gasteiger charge is -2.03. The summed E-state index contributed by atoms with van der Waals surface area (Å²) in [4.78, 5) is 4.05. The van der Waals surface area contributed by atoms with Gasteiger partial charge < -0.3 is 0 Å². The molecular formula is C6H14O2. The molecule has 0 aliphatic carbocycles. The first-order valence-electron chi connectivity index (χ1n) is 3.11. The van der Waals surface area contributed by atoms with Crippen LogP contribution >= 0.6 is 0 Å². The molecule has 50 valence electrons. The fraction of sp³-hybridized carbons (Fsp3) is 1.00. The Morgan fingerprint density at radius 2 is 2.25 bits per heavy atom. The van der Waals surface area contributed by atoms with Crippen molar-refractivity contribution in [2.24, 2.45) is 0 Å². The van der Waals surface area contributed by atoms with E-state index < -0.39 is 0 Å². The molecular weight excluding hydrogens is 104 g/mol. The minimum absolute atomic E-state index is 0.00921. The maximum Gasteiger partial charge on any atom is 0.0899 e. The maximum absolute atomic E-state index is 8.06. The van der Waals surface area contributed by atoms with Crippen molar-refractivity contribution in [1.29, 1.82) is 0 Å². The largest absolute Gasteiger partial charge is 0.252 e. The van der Waals surface area contributed by atoms with Crippen molar-refractivity contribution in [3.63, 3.8) is 0 Å². The van der Waals surface area contributed by atoms with Gasteiger partial charge in [-0.05, 0) is 13.3 Å². The molecule has 1 N–H and O–H groups in total. The molecule has 2 nitrogen and oxygen atoms in total. The molecule has 0 aromatic heterocycles. The lowest BCUT2D eigenvalue weighted by atomic mass is 10.2. The standard InChI is InChI=1S/C6H14O2/c1-3-4-5-6(2)8-7/h6-7H,3-5H2,1-2H3/t6-/m1/s1. The van der Waals surface area contributed by atoms with E-state index in [2.05, 4.69) is 11.8 Å². The fourth-order valence-corrected chi connectivity index (χ4v) is 0.544. The molecule has 0 rings (SSSR count). The highest BCUT2D eigenvalue weighted by molar-refractivity contribution is 4.45. The van der Waals surface area contributed by atoms with Crippen LogP contribution in [0, 0.1) is 0 Å². The first-order chi connectivity index (χ1) is 3.81. The van der Waals surface area contributed by atoms with E-state index in [0.717, 1.165) is 19.3 Å². The first-order valence-corrected chi connectivity index (χ1v) is 3.11. The van der Waals surface area contributed by atoms with Crippen LogP contribution in [0.1, 0.15) is 33.1 Å². The van der Waals surface area contributed by atoms with Crippen LogP contribution in [-0.2, 0) is 4.89 Å². The molecule has 0 aromatic rings. The first kappa shape index (κ1) is 7.92. The van der Waals surface area contributed by atoms with Gasteiger partial charge in [0.05, 0.1) is 6.10 Å². The van der Waals surface area contributed by atoms with E-state index in [9.17, 15) is 0 Å². The summed E-state index contributed by atoms with van der Waals surface area (Å²) >= 11 is 0. The molecule has 2 heteroatoms. The number of hydrogen-bond acceptors (Lipinski definition) is 2. The minimum atomic E-state index is 0.00921. The Labute approximate surface area is 50.4 Å². The zero-order chi connectivity index (χ0) is 6.41. The van der Waals surface area contributed by atoms with Crippen molar-refractivity contribution in [2.75, 3.05) is 0 Å². The quantitative estimate of drug-likeness (QED) is 0.452. The summed E-state index contributed by atoms with van der Waals surface area (Å²) in [5.74, 6) is 0. The Kier molecular flexibility index (Phi) is 5.01. The molecule has 0 radical (unpaired) electrons. The SMILES string of the molecule is CCCC[C@@H](C)OO. The molecule has 0 fully saturated rings. The minimum Gasteiger partial charge on any atom is -0.252 e. The van der Waals surface area contributed by atoms with Crippen LogP contribution in [0.25, 0.3) is 0 Å². The third-order valence-corrected chi connectivity index (χ3v) is 1.14. The van der Waals surface area contributed by atoms with E-state index in [1.165, 1.54) is 0 Å². The topological polar surface area (TPSA) is 29.5 Å². The van der Waals surface area contributed by atoms with Crippen LogP contribution in [-0.4, -0.2) is 11.4 Å². The second-order valence-electron chi connectivity index (χ2n) is 2.06. The van der Waals surface area contributed by atoms with Crippen LogP contribution in [0.3, 0.4) is 0 Å². The Morgan fingerprint density at radius 1 is 1.62 bits per heavy atom.